The number of aliphatic imine (C=N–C) groups is 1. The van der Waals surface area contributed by atoms with E-state index in [1.54, 1.807) is 0 Å². The molecule has 2 heteroatoms. The van der Waals surface area contributed by atoms with Crippen molar-refractivity contribution in [1.82, 2.24) is 5.32 Å². The van der Waals surface area contributed by atoms with Crippen molar-refractivity contribution in [3.05, 3.63) is 0 Å². The van der Waals surface area contributed by atoms with Gasteiger partial charge >= 0.3 is 0 Å². The molecule has 0 unspecified atom stereocenters. The maximum Gasteiger partial charge on any atom is 0.0645 e. The minimum Gasteiger partial charge on any atom is -0.312 e. The van der Waals surface area contributed by atoms with E-state index in [-0.39, 0.29) is 0 Å². The molecular formula is C11H22N2. The average Bonchev–Trinajstić information content (AvgIpc) is 2.39. The number of nitrogens with one attached hydrogen (secondary N) is 1. The molecule has 0 heterocycles. The quantitative estimate of drug-likeness (QED) is 0.524. The molecule has 1 N–H and O–H groups in total. The predicted molar refractivity (Wildman–Crippen MR) is 58.5 cm³/mol. The first-order valence-corrected chi connectivity index (χ1v) is 5.57. The lowest BCUT2D eigenvalue weighted by Gasteiger charge is -2.22. The lowest BCUT2D eigenvalue weighted by Crippen LogP contribution is -2.38. The van der Waals surface area contributed by atoms with Gasteiger partial charge in [0.25, 0.3) is 0 Å². The van der Waals surface area contributed by atoms with Gasteiger partial charge in [-0.05, 0) is 32.5 Å². The second-order valence-electron chi connectivity index (χ2n) is 3.95. The van der Waals surface area contributed by atoms with E-state index in [1.807, 2.05) is 0 Å². The van der Waals surface area contributed by atoms with Crippen LogP contribution < -0.4 is 5.32 Å². The van der Waals surface area contributed by atoms with Crippen LogP contribution in [0.3, 0.4) is 0 Å². The van der Waals surface area contributed by atoms with Crippen molar-refractivity contribution in [2.75, 3.05) is 6.54 Å². The fourth-order valence-corrected chi connectivity index (χ4v) is 2.07. The Morgan fingerprint density at radius 2 is 2.08 bits per heavy atom. The van der Waals surface area contributed by atoms with Gasteiger partial charge in [-0.3, -0.25) is 4.99 Å². The lowest BCUT2D eigenvalue weighted by atomic mass is 10.0. The first kappa shape index (κ1) is 10.7. The summed E-state index contributed by atoms with van der Waals surface area (Å²) in [4.78, 5) is 4.23. The summed E-state index contributed by atoms with van der Waals surface area (Å²) in [5, 5.41) is 3.58. The molecule has 76 valence electrons. The van der Waals surface area contributed by atoms with Gasteiger partial charge in [-0.15, -0.1) is 0 Å². The molecule has 1 fully saturated rings. The smallest absolute Gasteiger partial charge is 0.0645 e. The maximum atomic E-state index is 4.23. The summed E-state index contributed by atoms with van der Waals surface area (Å²) in [5.41, 5.74) is 0. The monoisotopic (exact) mass is 182 g/mol. The molecule has 1 saturated carbocycles. The molecule has 0 spiro atoms. The van der Waals surface area contributed by atoms with Gasteiger partial charge in [0, 0.05) is 6.04 Å². The van der Waals surface area contributed by atoms with Crippen LogP contribution in [0.1, 0.15) is 45.4 Å². The molecule has 0 radical (unpaired) electrons. The molecule has 0 saturated heterocycles. The second kappa shape index (κ2) is 6.14. The lowest BCUT2D eigenvalue weighted by molar-refractivity contribution is 0.413. The highest BCUT2D eigenvalue weighted by Crippen LogP contribution is 2.20. The first-order valence-electron chi connectivity index (χ1n) is 5.57. The van der Waals surface area contributed by atoms with Crippen molar-refractivity contribution in [2.45, 2.75) is 57.5 Å². The minimum absolute atomic E-state index is 0.467. The Hall–Kier alpha value is -0.370. The Kier molecular flexibility index (Phi) is 5.06. The van der Waals surface area contributed by atoms with Crippen LogP contribution in [0.2, 0.25) is 0 Å². The van der Waals surface area contributed by atoms with Crippen LogP contribution >= 0.6 is 0 Å². The molecule has 0 bridgehead atoms. The zero-order valence-corrected chi connectivity index (χ0v) is 8.76. The van der Waals surface area contributed by atoms with E-state index in [9.17, 15) is 0 Å². The van der Waals surface area contributed by atoms with E-state index in [0.29, 0.717) is 12.1 Å². The fraction of sp³-hybridized carbons (Fsp3) is 0.909. The Balaban J connectivity index is 2.39. The van der Waals surface area contributed by atoms with Gasteiger partial charge in [0.2, 0.25) is 0 Å². The molecule has 2 atom stereocenters. The summed E-state index contributed by atoms with van der Waals surface area (Å²) in [6, 6.07) is 1.06. The topological polar surface area (TPSA) is 24.4 Å². The van der Waals surface area contributed by atoms with Crippen LogP contribution in [0.15, 0.2) is 4.99 Å². The third-order valence-electron chi connectivity index (χ3n) is 2.87. The number of hydrogen-bond acceptors (Lipinski definition) is 2. The van der Waals surface area contributed by atoms with Crippen LogP contribution in [0.25, 0.3) is 0 Å². The Labute approximate surface area is 81.8 Å². The minimum atomic E-state index is 0.467. The molecular weight excluding hydrogens is 160 g/mol. The molecule has 0 amide bonds. The van der Waals surface area contributed by atoms with Crippen molar-refractivity contribution in [2.24, 2.45) is 4.99 Å². The fourth-order valence-electron chi connectivity index (χ4n) is 2.07. The Morgan fingerprint density at radius 1 is 1.31 bits per heavy atom. The van der Waals surface area contributed by atoms with E-state index < -0.39 is 0 Å². The van der Waals surface area contributed by atoms with Gasteiger partial charge in [-0.2, -0.15) is 0 Å². The highest BCUT2D eigenvalue weighted by Gasteiger charge is 2.21. The van der Waals surface area contributed by atoms with Crippen molar-refractivity contribution in [3.63, 3.8) is 0 Å². The second-order valence-corrected chi connectivity index (χ2v) is 3.95. The third kappa shape index (κ3) is 3.47. The van der Waals surface area contributed by atoms with Crippen molar-refractivity contribution >= 4 is 6.72 Å². The van der Waals surface area contributed by atoms with Crippen LogP contribution in [0.5, 0.6) is 0 Å². The zero-order valence-electron chi connectivity index (χ0n) is 8.76. The van der Waals surface area contributed by atoms with E-state index in [2.05, 4.69) is 24.0 Å². The number of hydrogen-bond donors (Lipinski definition) is 1. The Bertz CT molecular complexity index is 145. The summed E-state index contributed by atoms with van der Waals surface area (Å²) >= 11 is 0. The standard InChI is InChI=1S/C11H22N2/c1-3-9-13-11-8-6-4-5-7-10(11)12-2/h10-11,13H,2-9H2,1H3/t10-,11+/m1/s1. The zero-order chi connectivity index (χ0) is 9.52. The molecule has 1 rings (SSSR count). The van der Waals surface area contributed by atoms with Crippen molar-refractivity contribution < 1.29 is 0 Å². The highest BCUT2D eigenvalue weighted by atomic mass is 15.0. The van der Waals surface area contributed by atoms with Gasteiger partial charge in [0.05, 0.1) is 6.04 Å². The summed E-state index contributed by atoms with van der Waals surface area (Å²) in [6.07, 6.45) is 7.77. The molecule has 13 heavy (non-hydrogen) atoms. The third-order valence-corrected chi connectivity index (χ3v) is 2.87. The molecule has 0 aromatic carbocycles. The number of nitrogens with zero attached hydrogens (tertiary/aromatic N) is 1. The van der Waals surface area contributed by atoms with E-state index in [0.717, 1.165) is 6.54 Å². The van der Waals surface area contributed by atoms with Gasteiger partial charge < -0.3 is 5.32 Å². The normalized spacial score (nSPS) is 29.6. The summed E-state index contributed by atoms with van der Waals surface area (Å²) in [7, 11) is 0. The van der Waals surface area contributed by atoms with E-state index in [4.69, 9.17) is 0 Å². The molecule has 0 aromatic rings. The van der Waals surface area contributed by atoms with Gasteiger partial charge in [-0.1, -0.05) is 26.2 Å². The van der Waals surface area contributed by atoms with Gasteiger partial charge in [0.1, 0.15) is 0 Å². The summed E-state index contributed by atoms with van der Waals surface area (Å²) in [6.45, 7) is 7.02. The SMILES string of the molecule is C=N[C@@H]1CCCCC[C@@H]1NCCC. The number of rotatable bonds is 4. The maximum absolute atomic E-state index is 4.23. The van der Waals surface area contributed by atoms with Crippen LogP contribution in [-0.2, 0) is 0 Å². The molecule has 1 aliphatic rings. The summed E-state index contributed by atoms with van der Waals surface area (Å²) in [5.74, 6) is 0. The summed E-state index contributed by atoms with van der Waals surface area (Å²) < 4.78 is 0. The van der Waals surface area contributed by atoms with Gasteiger partial charge in [-0.25, -0.2) is 0 Å². The predicted octanol–water partition coefficient (Wildman–Crippen LogP) is 2.39. The Morgan fingerprint density at radius 3 is 2.77 bits per heavy atom. The molecule has 0 aliphatic heterocycles. The largest absolute Gasteiger partial charge is 0.312 e. The van der Waals surface area contributed by atoms with Gasteiger partial charge in [0.15, 0.2) is 0 Å². The average molecular weight is 182 g/mol. The van der Waals surface area contributed by atoms with Crippen LogP contribution in [0, 0.1) is 0 Å². The van der Waals surface area contributed by atoms with Crippen LogP contribution in [-0.4, -0.2) is 25.3 Å². The highest BCUT2D eigenvalue weighted by molar-refractivity contribution is 5.24. The van der Waals surface area contributed by atoms with Crippen molar-refractivity contribution in [1.29, 1.82) is 0 Å². The molecule has 2 nitrogen and oxygen atoms in total. The molecule has 1 aliphatic carbocycles. The van der Waals surface area contributed by atoms with E-state index >= 15 is 0 Å². The first-order chi connectivity index (χ1) is 6.38. The van der Waals surface area contributed by atoms with E-state index in [1.165, 1.54) is 38.5 Å². The van der Waals surface area contributed by atoms with Crippen LogP contribution in [0.4, 0.5) is 0 Å². The molecule has 0 aromatic heterocycles. The van der Waals surface area contributed by atoms with Crippen molar-refractivity contribution in [3.8, 4) is 0 Å².